The number of hydrogen-bond donors (Lipinski definition) is 3. The fourth-order valence-electron chi connectivity index (χ4n) is 1.07. The Morgan fingerprint density at radius 3 is 2.75 bits per heavy atom. The highest BCUT2D eigenvalue weighted by atomic mass is 16.1. The molecule has 0 spiro atoms. The Kier molecular flexibility index (Phi) is 2.58. The van der Waals surface area contributed by atoms with E-state index < -0.39 is 0 Å². The van der Waals surface area contributed by atoms with Gasteiger partial charge in [-0.05, 0) is 20.3 Å². The van der Waals surface area contributed by atoms with E-state index in [1.807, 2.05) is 13.8 Å². The summed E-state index contributed by atoms with van der Waals surface area (Å²) in [4.78, 5) is 11.0. The van der Waals surface area contributed by atoms with Gasteiger partial charge in [-0.2, -0.15) is 0 Å². The van der Waals surface area contributed by atoms with E-state index in [2.05, 4.69) is 10.6 Å². The van der Waals surface area contributed by atoms with Crippen molar-refractivity contribution in [3.63, 3.8) is 0 Å². The molecule has 68 valence electrons. The Balaban J connectivity index is 2.64. The molecular weight excluding hydrogens is 154 g/mol. The van der Waals surface area contributed by atoms with Crippen LogP contribution in [0.2, 0.25) is 0 Å². The number of amides is 1. The van der Waals surface area contributed by atoms with Gasteiger partial charge < -0.3 is 16.4 Å². The lowest BCUT2D eigenvalue weighted by Gasteiger charge is -2.21. The molecule has 1 aliphatic rings. The minimum atomic E-state index is 0.0346. The van der Waals surface area contributed by atoms with Crippen LogP contribution in [0.4, 0.5) is 0 Å². The summed E-state index contributed by atoms with van der Waals surface area (Å²) in [5.74, 6) is 0.716. The molecule has 1 aliphatic heterocycles. The van der Waals surface area contributed by atoms with Gasteiger partial charge in [-0.25, -0.2) is 0 Å². The lowest BCUT2D eigenvalue weighted by Crippen LogP contribution is -2.40. The number of carbonyl (C=O) groups excluding carboxylic acids is 1. The van der Waals surface area contributed by atoms with Crippen LogP contribution in [-0.2, 0) is 4.79 Å². The van der Waals surface area contributed by atoms with Gasteiger partial charge in [0.25, 0.3) is 0 Å². The van der Waals surface area contributed by atoms with Crippen LogP contribution in [0.25, 0.3) is 0 Å². The zero-order valence-corrected chi connectivity index (χ0v) is 7.48. The Labute approximate surface area is 72.2 Å². The molecule has 12 heavy (non-hydrogen) atoms. The number of allylic oxidation sites excluding steroid dienone is 1. The number of nitrogens with two attached hydrogens (primary N) is 1. The van der Waals surface area contributed by atoms with Crippen molar-refractivity contribution in [2.45, 2.75) is 32.7 Å². The predicted octanol–water partition coefficient (Wildman–Crippen LogP) is 0.0222. The quantitative estimate of drug-likeness (QED) is 0.546. The van der Waals surface area contributed by atoms with E-state index in [1.54, 1.807) is 0 Å². The topological polar surface area (TPSA) is 67.1 Å². The first-order valence-corrected chi connectivity index (χ1v) is 4.14. The predicted molar refractivity (Wildman–Crippen MR) is 46.9 cm³/mol. The summed E-state index contributed by atoms with van der Waals surface area (Å²) in [6, 6.07) is 0.289. The third-order valence-corrected chi connectivity index (χ3v) is 1.64. The third kappa shape index (κ3) is 2.15. The van der Waals surface area contributed by atoms with Crippen molar-refractivity contribution in [2.75, 3.05) is 0 Å². The maximum Gasteiger partial charge on any atom is 0.225 e. The first kappa shape index (κ1) is 8.90. The van der Waals surface area contributed by atoms with Crippen LogP contribution in [-0.4, -0.2) is 11.9 Å². The second-order valence-electron chi connectivity index (χ2n) is 3.25. The van der Waals surface area contributed by atoms with Crippen LogP contribution in [0, 0.1) is 0 Å². The van der Waals surface area contributed by atoms with Crippen molar-refractivity contribution in [1.29, 1.82) is 0 Å². The highest BCUT2D eigenvalue weighted by Crippen LogP contribution is 2.08. The summed E-state index contributed by atoms with van der Waals surface area (Å²) < 4.78 is 0. The van der Waals surface area contributed by atoms with Crippen LogP contribution >= 0.6 is 0 Å². The highest BCUT2D eigenvalue weighted by Gasteiger charge is 2.15. The zero-order valence-electron chi connectivity index (χ0n) is 7.48. The van der Waals surface area contributed by atoms with Gasteiger partial charge in [0.05, 0.1) is 0 Å². The van der Waals surface area contributed by atoms with E-state index >= 15 is 0 Å². The Morgan fingerprint density at radius 1 is 1.50 bits per heavy atom. The average Bonchev–Trinajstić information content (AvgIpc) is 1.96. The molecule has 1 heterocycles. The number of carbonyl (C=O) groups is 1. The van der Waals surface area contributed by atoms with Gasteiger partial charge in [0.15, 0.2) is 0 Å². The van der Waals surface area contributed by atoms with E-state index in [1.165, 1.54) is 0 Å². The Bertz CT molecular complexity index is 220. The van der Waals surface area contributed by atoms with E-state index in [0.29, 0.717) is 18.7 Å². The summed E-state index contributed by atoms with van der Waals surface area (Å²) in [6.07, 6.45) is 1.15. The average molecular weight is 169 g/mol. The number of rotatable bonds is 2. The molecule has 0 aliphatic carbocycles. The molecule has 0 fully saturated rings. The van der Waals surface area contributed by atoms with E-state index in [0.717, 1.165) is 5.70 Å². The maximum absolute atomic E-state index is 11.0. The second-order valence-corrected chi connectivity index (χ2v) is 3.25. The standard InChI is InChI=1S/C8H15N3O/c1-5(2)10-8-6(9)3-4-7(12)11-8/h5,10H,3-4,9H2,1-2H3,(H,11,12). The molecule has 0 radical (unpaired) electrons. The fraction of sp³-hybridized carbons (Fsp3) is 0.625. The van der Waals surface area contributed by atoms with Gasteiger partial charge in [-0.3, -0.25) is 4.79 Å². The zero-order chi connectivity index (χ0) is 9.14. The first-order chi connectivity index (χ1) is 5.59. The summed E-state index contributed by atoms with van der Waals surface area (Å²) in [5, 5.41) is 5.79. The van der Waals surface area contributed by atoms with Crippen molar-refractivity contribution >= 4 is 5.91 Å². The lowest BCUT2D eigenvalue weighted by atomic mass is 10.2. The molecule has 0 saturated carbocycles. The highest BCUT2D eigenvalue weighted by molar-refractivity contribution is 5.79. The van der Waals surface area contributed by atoms with E-state index in [9.17, 15) is 4.79 Å². The SMILES string of the molecule is CC(C)NC1=C(N)CCC(=O)N1. The fourth-order valence-corrected chi connectivity index (χ4v) is 1.07. The molecule has 4 heteroatoms. The normalized spacial score (nSPS) is 18.1. The van der Waals surface area contributed by atoms with Gasteiger partial charge >= 0.3 is 0 Å². The summed E-state index contributed by atoms with van der Waals surface area (Å²) in [6.45, 7) is 4.00. The lowest BCUT2D eigenvalue weighted by molar-refractivity contribution is -0.120. The molecule has 0 unspecified atom stereocenters. The minimum Gasteiger partial charge on any atom is -0.399 e. The van der Waals surface area contributed by atoms with Crippen LogP contribution < -0.4 is 16.4 Å². The Morgan fingerprint density at radius 2 is 2.17 bits per heavy atom. The molecule has 0 bridgehead atoms. The van der Waals surface area contributed by atoms with Crippen molar-refractivity contribution in [2.24, 2.45) is 5.73 Å². The van der Waals surface area contributed by atoms with Gasteiger partial charge in [0.1, 0.15) is 5.82 Å². The van der Waals surface area contributed by atoms with Crippen molar-refractivity contribution in [1.82, 2.24) is 10.6 Å². The summed E-state index contributed by atoms with van der Waals surface area (Å²) >= 11 is 0. The van der Waals surface area contributed by atoms with Crippen molar-refractivity contribution in [3.05, 3.63) is 11.5 Å². The smallest absolute Gasteiger partial charge is 0.225 e. The number of hydrogen-bond acceptors (Lipinski definition) is 3. The third-order valence-electron chi connectivity index (χ3n) is 1.64. The van der Waals surface area contributed by atoms with Gasteiger partial charge in [0.2, 0.25) is 5.91 Å². The molecule has 4 nitrogen and oxygen atoms in total. The van der Waals surface area contributed by atoms with Crippen LogP contribution in [0.15, 0.2) is 11.5 Å². The van der Waals surface area contributed by atoms with Crippen molar-refractivity contribution < 1.29 is 4.79 Å². The molecule has 0 saturated heterocycles. The minimum absolute atomic E-state index is 0.0346. The summed E-state index contributed by atoms with van der Waals surface area (Å²) in [5.41, 5.74) is 6.43. The molecule has 0 aromatic heterocycles. The van der Waals surface area contributed by atoms with E-state index in [4.69, 9.17) is 5.73 Å². The van der Waals surface area contributed by atoms with Crippen molar-refractivity contribution in [3.8, 4) is 0 Å². The van der Waals surface area contributed by atoms with Crippen LogP contribution in [0.3, 0.4) is 0 Å². The molecule has 0 aromatic rings. The van der Waals surface area contributed by atoms with Crippen LogP contribution in [0.5, 0.6) is 0 Å². The first-order valence-electron chi connectivity index (χ1n) is 4.14. The molecular formula is C8H15N3O. The molecule has 4 N–H and O–H groups in total. The number of nitrogens with one attached hydrogen (secondary N) is 2. The largest absolute Gasteiger partial charge is 0.399 e. The molecule has 0 atom stereocenters. The van der Waals surface area contributed by atoms with Crippen LogP contribution in [0.1, 0.15) is 26.7 Å². The second kappa shape index (κ2) is 3.47. The van der Waals surface area contributed by atoms with Gasteiger partial charge in [0, 0.05) is 18.2 Å². The molecule has 1 rings (SSSR count). The maximum atomic E-state index is 11.0. The molecule has 1 amide bonds. The van der Waals surface area contributed by atoms with E-state index in [-0.39, 0.29) is 11.9 Å². The summed E-state index contributed by atoms with van der Waals surface area (Å²) in [7, 11) is 0. The Hall–Kier alpha value is -1.19. The monoisotopic (exact) mass is 169 g/mol. The van der Waals surface area contributed by atoms with Gasteiger partial charge in [-0.15, -0.1) is 0 Å². The molecule has 0 aromatic carbocycles. The van der Waals surface area contributed by atoms with Gasteiger partial charge in [-0.1, -0.05) is 0 Å².